The van der Waals surface area contributed by atoms with E-state index in [1.165, 1.54) is 116 Å². The summed E-state index contributed by atoms with van der Waals surface area (Å²) in [6.45, 7) is 5.92. The molecule has 0 aliphatic carbocycles. The summed E-state index contributed by atoms with van der Waals surface area (Å²) in [6.07, 6.45) is 49.8. The zero-order valence-electron chi connectivity index (χ0n) is 36.1. The summed E-state index contributed by atoms with van der Waals surface area (Å²) in [5.41, 5.74) is 0. The number of allylic oxidation sites excluding steroid dienone is 8. The maximum atomic E-state index is 13.7. The first kappa shape index (κ1) is 51.0. The Hall–Kier alpha value is -1.98. The number of rotatable bonds is 39. The van der Waals surface area contributed by atoms with Gasteiger partial charge in [0, 0.05) is 19.5 Å². The van der Waals surface area contributed by atoms with Crippen LogP contribution in [0.1, 0.15) is 194 Å². The Bertz CT molecular complexity index is 935. The summed E-state index contributed by atoms with van der Waals surface area (Å²) in [5, 5.41) is 0. The van der Waals surface area contributed by atoms with Crippen LogP contribution in [0.5, 0.6) is 0 Å². The summed E-state index contributed by atoms with van der Waals surface area (Å²) >= 11 is 0. The third-order valence-electron chi connectivity index (χ3n) is 10.1. The van der Waals surface area contributed by atoms with Gasteiger partial charge in [0.1, 0.15) is 11.9 Å². The molecule has 5 heteroatoms. The Labute approximate surface area is 330 Å². The maximum Gasteiger partial charge on any atom is 0.307 e. The zero-order chi connectivity index (χ0) is 39.0. The number of Topliss-reactive ketones (excluding diaryl/α,β-unsaturated/α-hetero) is 1. The minimum Gasteiger partial charge on any atom is -0.462 e. The molecule has 0 aromatic rings. The summed E-state index contributed by atoms with van der Waals surface area (Å²) in [5.74, 6) is -0.0833. The van der Waals surface area contributed by atoms with Gasteiger partial charge in [-0.2, -0.15) is 0 Å². The first-order valence-corrected chi connectivity index (χ1v) is 22.4. The second-order valence-electron chi connectivity index (χ2n) is 16.0. The van der Waals surface area contributed by atoms with Crippen LogP contribution in [0, 0.1) is 5.92 Å². The highest BCUT2D eigenvalue weighted by Crippen LogP contribution is 2.25. The van der Waals surface area contributed by atoms with Crippen LogP contribution in [0.3, 0.4) is 0 Å². The van der Waals surface area contributed by atoms with Crippen molar-refractivity contribution < 1.29 is 14.3 Å². The summed E-state index contributed by atoms with van der Waals surface area (Å²) in [4.78, 5) is 30.7. The first-order valence-electron chi connectivity index (χ1n) is 22.4. The first-order chi connectivity index (χ1) is 25.8. The van der Waals surface area contributed by atoms with E-state index in [4.69, 9.17) is 4.74 Å². The van der Waals surface area contributed by atoms with Crippen LogP contribution in [-0.2, 0) is 14.3 Å². The average molecular weight is 741 g/mol. The lowest BCUT2D eigenvalue weighted by Gasteiger charge is -2.27. The highest BCUT2D eigenvalue weighted by molar-refractivity contribution is 5.82. The minimum atomic E-state index is -0.303. The Morgan fingerprint density at radius 3 is 1.28 bits per heavy atom. The van der Waals surface area contributed by atoms with E-state index < -0.39 is 0 Å². The number of esters is 1. The summed E-state index contributed by atoms with van der Waals surface area (Å²) in [7, 11) is 8.00. The van der Waals surface area contributed by atoms with Gasteiger partial charge in [0.05, 0.1) is 12.3 Å². The third-order valence-corrected chi connectivity index (χ3v) is 10.1. The molecule has 0 bridgehead atoms. The molecule has 0 saturated heterocycles. The molecule has 0 amide bonds. The third kappa shape index (κ3) is 36.8. The number of carbonyl (C=O) groups excluding carboxylic acids is 2. The van der Waals surface area contributed by atoms with Gasteiger partial charge in [-0.05, 0) is 112 Å². The SMILES string of the molecule is CCCCCC=CCC=CCCCCCCCCC(OC(=O)CCN(C)C)C(CCCCCCCCC=CCC=CCCCCC)C(=O)CCN(C)C. The Morgan fingerprint density at radius 1 is 0.472 bits per heavy atom. The molecule has 53 heavy (non-hydrogen) atoms. The molecule has 5 nitrogen and oxygen atoms in total. The number of carbonyl (C=O) groups is 2. The quantitative estimate of drug-likeness (QED) is 0.0357. The van der Waals surface area contributed by atoms with Crippen molar-refractivity contribution >= 4 is 11.8 Å². The molecule has 0 aromatic carbocycles. The maximum absolute atomic E-state index is 13.7. The van der Waals surface area contributed by atoms with Gasteiger partial charge in [-0.1, -0.05) is 146 Å². The summed E-state index contributed by atoms with van der Waals surface area (Å²) in [6, 6.07) is 0. The van der Waals surface area contributed by atoms with Crippen molar-refractivity contribution in [2.45, 2.75) is 200 Å². The lowest BCUT2D eigenvalue weighted by Crippen LogP contribution is -2.35. The van der Waals surface area contributed by atoms with Crippen LogP contribution in [-0.4, -0.2) is 68.9 Å². The molecule has 0 spiro atoms. The standard InChI is InChI=1S/C48H88N2O3/c1-7-9-11-13-15-17-19-21-23-25-27-29-31-33-35-37-39-45(46(51)41-43-49(3)4)47(53-48(52)42-44-50(5)6)40-38-36-34-32-30-28-26-24-22-20-18-16-14-12-10-8-2/h15-18,21-24,45,47H,7-14,19-20,25-44H2,1-6H3. The zero-order valence-corrected chi connectivity index (χ0v) is 36.1. The number of nitrogens with zero attached hydrogens (tertiary/aromatic N) is 2. The van der Waals surface area contributed by atoms with Gasteiger partial charge >= 0.3 is 5.97 Å². The van der Waals surface area contributed by atoms with Crippen LogP contribution < -0.4 is 0 Å². The molecule has 0 N–H and O–H groups in total. The van der Waals surface area contributed by atoms with E-state index in [9.17, 15) is 9.59 Å². The minimum absolute atomic E-state index is 0.161. The lowest BCUT2D eigenvalue weighted by atomic mass is 9.86. The van der Waals surface area contributed by atoms with Crippen LogP contribution in [0.15, 0.2) is 48.6 Å². The van der Waals surface area contributed by atoms with Gasteiger partial charge < -0.3 is 14.5 Å². The molecule has 308 valence electrons. The van der Waals surface area contributed by atoms with Crippen molar-refractivity contribution in [3.8, 4) is 0 Å². The smallest absolute Gasteiger partial charge is 0.307 e. The number of ether oxygens (including phenoxy) is 1. The van der Waals surface area contributed by atoms with Crippen molar-refractivity contribution in [1.29, 1.82) is 0 Å². The molecule has 0 aliphatic rings. The Kier molecular flexibility index (Phi) is 38.2. The molecule has 0 fully saturated rings. The van der Waals surface area contributed by atoms with E-state index in [2.05, 4.69) is 67.4 Å². The Balaban J connectivity index is 4.75. The molecule has 0 aromatic heterocycles. The van der Waals surface area contributed by atoms with Crippen LogP contribution in [0.25, 0.3) is 0 Å². The monoisotopic (exact) mass is 741 g/mol. The van der Waals surface area contributed by atoms with Gasteiger partial charge in [-0.3, -0.25) is 9.59 Å². The summed E-state index contributed by atoms with van der Waals surface area (Å²) < 4.78 is 6.17. The molecule has 0 saturated carbocycles. The normalized spacial score (nSPS) is 13.5. The lowest BCUT2D eigenvalue weighted by molar-refractivity contribution is -0.154. The van der Waals surface area contributed by atoms with E-state index in [1.807, 2.05) is 33.1 Å². The van der Waals surface area contributed by atoms with E-state index in [0.29, 0.717) is 19.4 Å². The molecule has 0 heterocycles. The van der Waals surface area contributed by atoms with Crippen LogP contribution in [0.4, 0.5) is 0 Å². The van der Waals surface area contributed by atoms with Crippen molar-refractivity contribution in [2.24, 2.45) is 5.92 Å². The fraction of sp³-hybridized carbons (Fsp3) is 0.792. The predicted molar refractivity (Wildman–Crippen MR) is 233 cm³/mol. The number of hydrogen-bond acceptors (Lipinski definition) is 5. The van der Waals surface area contributed by atoms with E-state index in [-0.39, 0.29) is 23.8 Å². The molecule has 0 rings (SSSR count). The van der Waals surface area contributed by atoms with E-state index in [0.717, 1.165) is 57.9 Å². The van der Waals surface area contributed by atoms with Gasteiger partial charge in [0.25, 0.3) is 0 Å². The second kappa shape index (κ2) is 39.7. The number of hydrogen-bond donors (Lipinski definition) is 0. The van der Waals surface area contributed by atoms with Crippen LogP contribution in [0.2, 0.25) is 0 Å². The Morgan fingerprint density at radius 2 is 0.849 bits per heavy atom. The van der Waals surface area contributed by atoms with Crippen molar-refractivity contribution in [3.63, 3.8) is 0 Å². The molecule has 0 aliphatic heterocycles. The van der Waals surface area contributed by atoms with Crippen LogP contribution >= 0.6 is 0 Å². The van der Waals surface area contributed by atoms with Gasteiger partial charge in [0.15, 0.2) is 0 Å². The fourth-order valence-corrected chi connectivity index (χ4v) is 6.64. The second-order valence-corrected chi connectivity index (χ2v) is 16.0. The average Bonchev–Trinajstić information content (AvgIpc) is 3.13. The predicted octanol–water partition coefficient (Wildman–Crippen LogP) is 13.4. The number of unbranched alkanes of at least 4 members (excludes halogenated alkanes) is 18. The largest absolute Gasteiger partial charge is 0.462 e. The highest BCUT2D eigenvalue weighted by atomic mass is 16.5. The molecule has 0 radical (unpaired) electrons. The highest BCUT2D eigenvalue weighted by Gasteiger charge is 2.30. The van der Waals surface area contributed by atoms with Gasteiger partial charge in [-0.25, -0.2) is 0 Å². The molecular formula is C48H88N2O3. The van der Waals surface area contributed by atoms with Crippen molar-refractivity contribution in [2.75, 3.05) is 41.3 Å². The van der Waals surface area contributed by atoms with Crippen molar-refractivity contribution in [3.05, 3.63) is 48.6 Å². The topological polar surface area (TPSA) is 49.9 Å². The van der Waals surface area contributed by atoms with E-state index in [1.54, 1.807) is 0 Å². The van der Waals surface area contributed by atoms with E-state index >= 15 is 0 Å². The van der Waals surface area contributed by atoms with Gasteiger partial charge in [-0.15, -0.1) is 0 Å². The fourth-order valence-electron chi connectivity index (χ4n) is 6.64. The van der Waals surface area contributed by atoms with Gasteiger partial charge in [0.2, 0.25) is 0 Å². The number of ketones is 1. The molecule has 2 atom stereocenters. The van der Waals surface area contributed by atoms with Crippen molar-refractivity contribution in [1.82, 2.24) is 9.80 Å². The molecule has 2 unspecified atom stereocenters. The molecular weight excluding hydrogens is 653 g/mol.